The van der Waals surface area contributed by atoms with Crippen LogP contribution in [0.4, 0.5) is 5.82 Å². The van der Waals surface area contributed by atoms with Crippen molar-refractivity contribution < 1.29 is 9.90 Å². The van der Waals surface area contributed by atoms with E-state index in [2.05, 4.69) is 10.1 Å². The number of fused-ring (bicyclic) bond motifs is 1. The molecule has 0 bridgehead atoms. The van der Waals surface area contributed by atoms with Crippen molar-refractivity contribution in [1.82, 2.24) is 24.6 Å². The van der Waals surface area contributed by atoms with Crippen LogP contribution in [0.25, 0.3) is 0 Å². The van der Waals surface area contributed by atoms with Gasteiger partial charge in [0.2, 0.25) is 0 Å². The predicted molar refractivity (Wildman–Crippen MR) is 99.0 cm³/mol. The average molecular weight is 358 g/mol. The van der Waals surface area contributed by atoms with E-state index in [1.807, 2.05) is 59.7 Å². The van der Waals surface area contributed by atoms with E-state index in [1.165, 1.54) is 0 Å². The van der Waals surface area contributed by atoms with Crippen molar-refractivity contribution in [3.05, 3.63) is 41.3 Å². The molecule has 8 nitrogen and oxygen atoms in total. The molecule has 1 aliphatic rings. The van der Waals surface area contributed by atoms with Gasteiger partial charge in [-0.05, 0) is 32.3 Å². The SMILES string of the molecule is CN(C)CC(O)c1cc2n(n1)CCN(C(=O)c1cccnc1N(C)C)C2. The smallest absolute Gasteiger partial charge is 0.258 e. The number of hydrogen-bond acceptors (Lipinski definition) is 6. The van der Waals surface area contributed by atoms with Crippen LogP contribution in [0.2, 0.25) is 0 Å². The van der Waals surface area contributed by atoms with Crippen LogP contribution in [0.5, 0.6) is 0 Å². The highest BCUT2D eigenvalue weighted by Gasteiger charge is 2.26. The second-order valence-corrected chi connectivity index (χ2v) is 7.06. The van der Waals surface area contributed by atoms with Crippen molar-refractivity contribution in [2.24, 2.45) is 0 Å². The van der Waals surface area contributed by atoms with Gasteiger partial charge in [0.25, 0.3) is 5.91 Å². The highest BCUT2D eigenvalue weighted by Crippen LogP contribution is 2.22. The number of likely N-dealkylation sites (N-methyl/N-ethyl adjacent to an activating group) is 1. The fourth-order valence-corrected chi connectivity index (χ4v) is 3.15. The Morgan fingerprint density at radius 3 is 2.77 bits per heavy atom. The molecule has 0 radical (unpaired) electrons. The van der Waals surface area contributed by atoms with Crippen molar-refractivity contribution in [1.29, 1.82) is 0 Å². The summed E-state index contributed by atoms with van der Waals surface area (Å²) >= 11 is 0. The molecule has 1 N–H and O–H groups in total. The lowest BCUT2D eigenvalue weighted by molar-refractivity contribution is 0.0705. The summed E-state index contributed by atoms with van der Waals surface area (Å²) in [6.45, 7) is 2.19. The maximum atomic E-state index is 13.0. The van der Waals surface area contributed by atoms with Crippen LogP contribution in [0, 0.1) is 0 Å². The largest absolute Gasteiger partial charge is 0.385 e. The van der Waals surface area contributed by atoms with Gasteiger partial charge in [0.1, 0.15) is 11.9 Å². The van der Waals surface area contributed by atoms with Gasteiger partial charge in [-0.25, -0.2) is 4.98 Å². The number of pyridine rings is 1. The number of anilines is 1. The molecule has 2 aromatic rings. The number of carbonyl (C=O) groups excluding carboxylic acids is 1. The number of aliphatic hydroxyl groups is 1. The molecule has 140 valence electrons. The highest BCUT2D eigenvalue weighted by molar-refractivity contribution is 5.98. The molecule has 0 saturated heterocycles. The Morgan fingerprint density at radius 1 is 1.31 bits per heavy atom. The summed E-state index contributed by atoms with van der Waals surface area (Å²) in [5.41, 5.74) is 2.18. The second-order valence-electron chi connectivity index (χ2n) is 7.06. The monoisotopic (exact) mass is 358 g/mol. The molecule has 1 amide bonds. The first-order valence-corrected chi connectivity index (χ1v) is 8.68. The molecule has 0 aromatic carbocycles. The molecule has 0 fully saturated rings. The van der Waals surface area contributed by atoms with Crippen molar-refractivity contribution >= 4 is 11.7 Å². The first-order chi connectivity index (χ1) is 12.4. The fourth-order valence-electron chi connectivity index (χ4n) is 3.15. The van der Waals surface area contributed by atoms with Gasteiger partial charge in [0, 0.05) is 33.4 Å². The fraction of sp³-hybridized carbons (Fsp3) is 0.500. The Labute approximate surface area is 153 Å². The number of aliphatic hydroxyl groups excluding tert-OH is 1. The van der Waals surface area contributed by atoms with Gasteiger partial charge >= 0.3 is 0 Å². The Morgan fingerprint density at radius 2 is 2.08 bits per heavy atom. The maximum Gasteiger partial charge on any atom is 0.258 e. The van der Waals surface area contributed by atoms with E-state index in [1.54, 1.807) is 12.3 Å². The predicted octanol–water partition coefficient (Wildman–Crippen LogP) is 0.595. The third-order valence-electron chi connectivity index (χ3n) is 4.42. The van der Waals surface area contributed by atoms with E-state index in [4.69, 9.17) is 0 Å². The number of carbonyl (C=O) groups is 1. The molecule has 3 heterocycles. The van der Waals surface area contributed by atoms with Gasteiger partial charge in [-0.3, -0.25) is 9.48 Å². The van der Waals surface area contributed by atoms with Gasteiger partial charge in [-0.2, -0.15) is 5.10 Å². The Hall–Kier alpha value is -2.45. The van der Waals surface area contributed by atoms with Crippen molar-refractivity contribution in [2.75, 3.05) is 46.2 Å². The first kappa shape index (κ1) is 18.3. The summed E-state index contributed by atoms with van der Waals surface area (Å²) in [4.78, 5) is 22.9. The highest BCUT2D eigenvalue weighted by atomic mass is 16.3. The molecule has 1 aliphatic heterocycles. The number of rotatable bonds is 5. The van der Waals surface area contributed by atoms with E-state index < -0.39 is 6.10 Å². The molecule has 2 aromatic heterocycles. The minimum Gasteiger partial charge on any atom is -0.385 e. The van der Waals surface area contributed by atoms with E-state index >= 15 is 0 Å². The minimum atomic E-state index is -0.633. The normalized spacial score (nSPS) is 15.1. The van der Waals surface area contributed by atoms with Gasteiger partial charge in [-0.15, -0.1) is 0 Å². The van der Waals surface area contributed by atoms with Crippen LogP contribution in [-0.4, -0.2) is 76.9 Å². The number of hydrogen-bond donors (Lipinski definition) is 1. The lowest BCUT2D eigenvalue weighted by Crippen LogP contribution is -2.39. The Kier molecular flexibility index (Phi) is 5.24. The third kappa shape index (κ3) is 3.71. The molecular formula is C18H26N6O2. The molecule has 0 saturated carbocycles. The molecule has 0 aliphatic carbocycles. The topological polar surface area (TPSA) is 77.7 Å². The quantitative estimate of drug-likeness (QED) is 0.843. The molecular weight excluding hydrogens is 332 g/mol. The zero-order chi connectivity index (χ0) is 18.8. The summed E-state index contributed by atoms with van der Waals surface area (Å²) in [5, 5.41) is 14.8. The van der Waals surface area contributed by atoms with Crippen LogP contribution in [0.3, 0.4) is 0 Å². The van der Waals surface area contributed by atoms with Gasteiger partial charge < -0.3 is 19.8 Å². The van der Waals surface area contributed by atoms with Crippen LogP contribution in [0.1, 0.15) is 27.8 Å². The maximum absolute atomic E-state index is 13.0. The van der Waals surface area contributed by atoms with Gasteiger partial charge in [-0.1, -0.05) is 0 Å². The first-order valence-electron chi connectivity index (χ1n) is 8.68. The summed E-state index contributed by atoms with van der Waals surface area (Å²) in [7, 11) is 7.58. The van der Waals surface area contributed by atoms with Crippen molar-refractivity contribution in [3.8, 4) is 0 Å². The van der Waals surface area contributed by atoms with Crippen LogP contribution in [0.15, 0.2) is 24.4 Å². The van der Waals surface area contributed by atoms with E-state index in [0.29, 0.717) is 43.3 Å². The van der Waals surface area contributed by atoms with Crippen LogP contribution < -0.4 is 4.90 Å². The zero-order valence-corrected chi connectivity index (χ0v) is 15.8. The number of nitrogens with zero attached hydrogens (tertiary/aromatic N) is 6. The lowest BCUT2D eigenvalue weighted by Gasteiger charge is -2.28. The van der Waals surface area contributed by atoms with Gasteiger partial charge in [0.15, 0.2) is 0 Å². The van der Waals surface area contributed by atoms with Crippen molar-refractivity contribution in [3.63, 3.8) is 0 Å². The minimum absolute atomic E-state index is 0.0374. The van der Waals surface area contributed by atoms with E-state index in [9.17, 15) is 9.90 Å². The summed E-state index contributed by atoms with van der Waals surface area (Å²) < 4.78 is 1.88. The molecule has 1 atom stereocenters. The van der Waals surface area contributed by atoms with Crippen molar-refractivity contribution in [2.45, 2.75) is 19.2 Å². The number of amides is 1. The molecule has 8 heteroatoms. The molecule has 1 unspecified atom stereocenters. The zero-order valence-electron chi connectivity index (χ0n) is 15.8. The van der Waals surface area contributed by atoms with Crippen LogP contribution >= 0.6 is 0 Å². The summed E-state index contributed by atoms with van der Waals surface area (Å²) in [6.07, 6.45) is 1.06. The summed E-state index contributed by atoms with van der Waals surface area (Å²) in [6, 6.07) is 5.48. The number of aromatic nitrogens is 3. The average Bonchev–Trinajstić information content (AvgIpc) is 3.04. The molecule has 26 heavy (non-hydrogen) atoms. The second kappa shape index (κ2) is 7.43. The van der Waals surface area contributed by atoms with Crippen LogP contribution in [-0.2, 0) is 13.1 Å². The third-order valence-corrected chi connectivity index (χ3v) is 4.42. The lowest BCUT2D eigenvalue weighted by atomic mass is 10.1. The van der Waals surface area contributed by atoms with Gasteiger partial charge in [0.05, 0.1) is 30.0 Å². The summed E-state index contributed by atoms with van der Waals surface area (Å²) in [5.74, 6) is 0.628. The molecule has 3 rings (SSSR count). The molecule has 0 spiro atoms. The Balaban J connectivity index is 1.78. The Bertz CT molecular complexity index is 786. The van der Waals surface area contributed by atoms with E-state index in [0.717, 1.165) is 5.69 Å². The van der Waals surface area contributed by atoms with E-state index in [-0.39, 0.29) is 5.91 Å². The standard InChI is InChI=1S/C18H26N6O2/c1-21(2)12-16(25)15-10-13-11-23(8-9-24(13)20-15)18(26)14-6-5-7-19-17(14)22(3)4/h5-7,10,16,25H,8-9,11-12H2,1-4H3.